The van der Waals surface area contributed by atoms with Crippen molar-refractivity contribution in [1.82, 2.24) is 4.90 Å². The topological polar surface area (TPSA) is 91.0 Å². The molecule has 0 aliphatic carbocycles. The second kappa shape index (κ2) is 9.20. The van der Waals surface area contributed by atoms with E-state index in [0.29, 0.717) is 11.4 Å². The van der Waals surface area contributed by atoms with Gasteiger partial charge in [-0.1, -0.05) is 6.07 Å². The molecular weight excluding hydrogens is 372 g/mol. The first kappa shape index (κ1) is 20.3. The zero-order chi connectivity index (χ0) is 20.8. The Morgan fingerprint density at radius 3 is 2.10 bits per heavy atom. The van der Waals surface area contributed by atoms with Crippen molar-refractivity contribution in [1.29, 1.82) is 0 Å². The summed E-state index contributed by atoms with van der Waals surface area (Å²) in [7, 11) is 3.38. The summed E-state index contributed by atoms with van der Waals surface area (Å²) in [6.45, 7) is 3.93. The molecule has 1 fully saturated rings. The number of hydrogen-bond acceptors (Lipinski definition) is 6. The highest BCUT2D eigenvalue weighted by Crippen LogP contribution is 2.19. The summed E-state index contributed by atoms with van der Waals surface area (Å²) >= 11 is 0. The Morgan fingerprint density at radius 2 is 1.48 bits per heavy atom. The lowest BCUT2D eigenvalue weighted by molar-refractivity contribution is -0.132. The summed E-state index contributed by atoms with van der Waals surface area (Å²) in [5, 5.41) is 5.06. The van der Waals surface area contributed by atoms with Gasteiger partial charge in [-0.05, 0) is 49.5 Å². The van der Waals surface area contributed by atoms with Crippen LogP contribution >= 0.6 is 0 Å². The average molecular weight is 396 g/mol. The van der Waals surface area contributed by atoms with Crippen LogP contribution in [0.25, 0.3) is 0 Å². The quantitative estimate of drug-likeness (QED) is 0.605. The molecule has 8 heteroatoms. The Hall–Kier alpha value is -3.39. The molecule has 0 spiro atoms. The van der Waals surface area contributed by atoms with E-state index >= 15 is 0 Å². The lowest BCUT2D eigenvalue weighted by Gasteiger charge is -2.34. The fraction of sp³-hybridized carbons (Fsp3) is 0.286. The summed E-state index contributed by atoms with van der Waals surface area (Å²) in [6.07, 6.45) is 0. The van der Waals surface area contributed by atoms with Gasteiger partial charge in [-0.15, -0.1) is 0 Å². The summed E-state index contributed by atoms with van der Waals surface area (Å²) in [4.78, 5) is 40.5. The minimum Gasteiger partial charge on any atom is -0.465 e. The summed E-state index contributed by atoms with van der Waals surface area (Å²) in [5.74, 6) is -2.14. The first-order chi connectivity index (χ1) is 14.0. The van der Waals surface area contributed by atoms with Crippen LogP contribution in [-0.2, 0) is 14.3 Å². The number of rotatable bonds is 4. The molecule has 152 valence electrons. The number of anilines is 3. The number of carbonyl (C=O) groups excluding carboxylic acids is 3. The number of nitrogens with one attached hydrogen (secondary N) is 2. The highest BCUT2D eigenvalue weighted by Gasteiger charge is 2.17. The molecule has 0 atom stereocenters. The number of hydrogen-bond donors (Lipinski definition) is 2. The summed E-state index contributed by atoms with van der Waals surface area (Å²) < 4.78 is 4.64. The molecule has 1 heterocycles. The van der Waals surface area contributed by atoms with Crippen LogP contribution in [0.3, 0.4) is 0 Å². The van der Waals surface area contributed by atoms with Crippen molar-refractivity contribution >= 4 is 34.8 Å². The predicted octanol–water partition coefficient (Wildman–Crippen LogP) is 1.80. The van der Waals surface area contributed by atoms with Gasteiger partial charge < -0.3 is 25.2 Å². The minimum atomic E-state index is -0.824. The van der Waals surface area contributed by atoms with Crippen LogP contribution in [0, 0.1) is 0 Å². The second-order valence-electron chi connectivity index (χ2n) is 6.82. The van der Waals surface area contributed by atoms with Gasteiger partial charge in [-0.2, -0.15) is 0 Å². The van der Waals surface area contributed by atoms with E-state index in [4.69, 9.17) is 0 Å². The van der Waals surface area contributed by atoms with Crippen molar-refractivity contribution in [3.8, 4) is 0 Å². The molecule has 0 unspecified atom stereocenters. The number of carbonyl (C=O) groups is 3. The molecule has 2 amide bonds. The molecule has 2 aromatic rings. The van der Waals surface area contributed by atoms with Gasteiger partial charge in [0.05, 0.1) is 12.7 Å². The largest absolute Gasteiger partial charge is 0.465 e. The number of benzene rings is 2. The standard InChI is InChI=1S/C21H24N4O4/c1-24-10-12-25(13-11-24)18-8-6-16(7-9-18)22-19(26)20(27)23-17-5-3-4-15(14-17)21(28)29-2/h3-9,14H,10-13H2,1-2H3,(H,22,26)(H,23,27). The molecule has 1 aliphatic heterocycles. The van der Waals surface area contributed by atoms with Crippen molar-refractivity contribution in [3.63, 3.8) is 0 Å². The summed E-state index contributed by atoms with van der Waals surface area (Å²) in [5.41, 5.74) is 2.23. The number of methoxy groups -OCH3 is 1. The molecule has 2 aromatic carbocycles. The molecule has 1 aliphatic rings. The number of piperazine rings is 1. The van der Waals surface area contributed by atoms with Crippen molar-refractivity contribution in [2.24, 2.45) is 0 Å². The molecule has 1 saturated heterocycles. The van der Waals surface area contributed by atoms with Gasteiger partial charge in [-0.25, -0.2) is 4.79 Å². The lowest BCUT2D eigenvalue weighted by Crippen LogP contribution is -2.44. The molecule has 0 bridgehead atoms. The Morgan fingerprint density at radius 1 is 0.862 bits per heavy atom. The molecule has 8 nitrogen and oxygen atoms in total. The number of nitrogens with zero attached hydrogens (tertiary/aromatic N) is 2. The molecule has 0 saturated carbocycles. The molecule has 0 aromatic heterocycles. The Labute approximate surface area is 169 Å². The number of amides is 2. The van der Waals surface area contributed by atoms with Crippen LogP contribution in [0.2, 0.25) is 0 Å². The minimum absolute atomic E-state index is 0.283. The van der Waals surface area contributed by atoms with Gasteiger partial charge in [0.15, 0.2) is 0 Å². The zero-order valence-corrected chi connectivity index (χ0v) is 16.5. The highest BCUT2D eigenvalue weighted by atomic mass is 16.5. The molecule has 3 rings (SSSR count). The summed E-state index contributed by atoms with van der Waals surface area (Å²) in [6, 6.07) is 13.6. The molecule has 2 N–H and O–H groups in total. The third-order valence-electron chi connectivity index (χ3n) is 4.74. The Kier molecular flexibility index (Phi) is 6.46. The van der Waals surface area contributed by atoms with Gasteiger partial charge in [-0.3, -0.25) is 9.59 Å². The first-order valence-corrected chi connectivity index (χ1v) is 9.30. The zero-order valence-electron chi connectivity index (χ0n) is 16.5. The normalized spacial score (nSPS) is 14.2. The first-order valence-electron chi connectivity index (χ1n) is 9.30. The average Bonchev–Trinajstić information content (AvgIpc) is 2.74. The van der Waals surface area contributed by atoms with Crippen molar-refractivity contribution in [2.75, 3.05) is 55.9 Å². The van der Waals surface area contributed by atoms with Crippen molar-refractivity contribution < 1.29 is 19.1 Å². The SMILES string of the molecule is COC(=O)c1cccc(NC(=O)C(=O)Nc2ccc(N3CCN(C)CC3)cc2)c1. The van der Waals surface area contributed by atoms with E-state index < -0.39 is 17.8 Å². The van der Waals surface area contributed by atoms with Crippen molar-refractivity contribution in [2.45, 2.75) is 0 Å². The molecular formula is C21H24N4O4. The van der Waals surface area contributed by atoms with Gasteiger partial charge in [0.2, 0.25) is 0 Å². The number of ether oxygens (including phenoxy) is 1. The van der Waals surface area contributed by atoms with Crippen LogP contribution in [0.4, 0.5) is 17.1 Å². The van der Waals surface area contributed by atoms with Gasteiger partial charge in [0.25, 0.3) is 0 Å². The van der Waals surface area contributed by atoms with E-state index in [1.807, 2.05) is 12.1 Å². The molecule has 0 radical (unpaired) electrons. The van der Waals surface area contributed by atoms with Crippen LogP contribution in [0.5, 0.6) is 0 Å². The van der Waals surface area contributed by atoms with Crippen LogP contribution in [0.1, 0.15) is 10.4 Å². The third-order valence-corrected chi connectivity index (χ3v) is 4.74. The monoisotopic (exact) mass is 396 g/mol. The van der Waals surface area contributed by atoms with Gasteiger partial charge >= 0.3 is 17.8 Å². The lowest BCUT2D eigenvalue weighted by atomic mass is 10.2. The van der Waals surface area contributed by atoms with Gasteiger partial charge in [0.1, 0.15) is 0 Å². The smallest absolute Gasteiger partial charge is 0.337 e. The maximum atomic E-state index is 12.2. The van der Waals surface area contributed by atoms with E-state index in [-0.39, 0.29) is 5.56 Å². The highest BCUT2D eigenvalue weighted by molar-refractivity contribution is 6.43. The van der Waals surface area contributed by atoms with Crippen LogP contribution in [0.15, 0.2) is 48.5 Å². The number of likely N-dealkylation sites (N-methyl/N-ethyl adjacent to an activating group) is 1. The Bertz CT molecular complexity index is 890. The maximum Gasteiger partial charge on any atom is 0.337 e. The van der Waals surface area contributed by atoms with Gasteiger partial charge in [0, 0.05) is 43.2 Å². The predicted molar refractivity (Wildman–Crippen MR) is 111 cm³/mol. The van der Waals surface area contributed by atoms with E-state index in [0.717, 1.165) is 31.9 Å². The van der Waals surface area contributed by atoms with E-state index in [9.17, 15) is 14.4 Å². The van der Waals surface area contributed by atoms with E-state index in [1.165, 1.54) is 13.2 Å². The van der Waals surface area contributed by atoms with Crippen LogP contribution in [-0.4, -0.2) is 63.0 Å². The van der Waals surface area contributed by atoms with Crippen LogP contribution < -0.4 is 15.5 Å². The van der Waals surface area contributed by atoms with E-state index in [1.54, 1.807) is 30.3 Å². The Balaban J connectivity index is 1.57. The second-order valence-corrected chi connectivity index (χ2v) is 6.82. The fourth-order valence-corrected chi connectivity index (χ4v) is 3.04. The maximum absolute atomic E-state index is 12.2. The van der Waals surface area contributed by atoms with E-state index in [2.05, 4.69) is 32.2 Å². The third kappa shape index (κ3) is 5.32. The van der Waals surface area contributed by atoms with Crippen molar-refractivity contribution in [3.05, 3.63) is 54.1 Å². The molecule has 29 heavy (non-hydrogen) atoms. The fourth-order valence-electron chi connectivity index (χ4n) is 3.04. The number of esters is 1.